The van der Waals surface area contributed by atoms with E-state index in [2.05, 4.69) is 25.8 Å². The maximum absolute atomic E-state index is 12.4. The van der Waals surface area contributed by atoms with E-state index in [1.54, 1.807) is 24.4 Å². The van der Waals surface area contributed by atoms with Gasteiger partial charge < -0.3 is 26.6 Å². The van der Waals surface area contributed by atoms with E-state index in [1.165, 1.54) is 6.42 Å². The van der Waals surface area contributed by atoms with E-state index in [4.69, 9.17) is 5.73 Å². The monoisotopic (exact) mass is 424 g/mol. The lowest BCUT2D eigenvalue weighted by Crippen LogP contribution is -2.34. The first-order chi connectivity index (χ1) is 14.9. The van der Waals surface area contributed by atoms with Gasteiger partial charge in [-0.2, -0.15) is 0 Å². The fourth-order valence-corrected chi connectivity index (χ4v) is 3.40. The van der Waals surface area contributed by atoms with Gasteiger partial charge >= 0.3 is 6.03 Å². The van der Waals surface area contributed by atoms with Crippen molar-refractivity contribution < 1.29 is 14.4 Å². The number of benzene rings is 1. The topological polar surface area (TPSA) is 129 Å². The number of amides is 4. The summed E-state index contributed by atoms with van der Waals surface area (Å²) in [6, 6.07) is 8.18. The van der Waals surface area contributed by atoms with E-state index in [0.29, 0.717) is 17.1 Å². The molecule has 31 heavy (non-hydrogen) atoms. The molecule has 3 rings (SSSR count). The standard InChI is InChI=1S/C22H28N6O3/c1-15-5-8-19(25-14-15)27-20(29)9-10-24-22(31)26-17-13-16(21(23)30)6-7-18(17)28-11-3-2-4-12-28/h5-8,13-14H,2-4,9-12H2,1H3,(H2,23,30)(H2,24,26,31)(H,25,27,29). The van der Waals surface area contributed by atoms with E-state index in [0.717, 1.165) is 37.2 Å². The number of urea groups is 1. The summed E-state index contributed by atoms with van der Waals surface area (Å²) in [7, 11) is 0. The molecule has 0 atom stereocenters. The summed E-state index contributed by atoms with van der Waals surface area (Å²) in [5.74, 6) is -0.342. The van der Waals surface area contributed by atoms with Gasteiger partial charge in [-0.1, -0.05) is 6.07 Å². The number of nitrogens with two attached hydrogens (primary N) is 1. The van der Waals surface area contributed by atoms with Gasteiger partial charge in [0, 0.05) is 37.8 Å². The van der Waals surface area contributed by atoms with E-state index < -0.39 is 11.9 Å². The Balaban J connectivity index is 1.56. The molecular weight excluding hydrogens is 396 g/mol. The fraction of sp³-hybridized carbons (Fsp3) is 0.364. The number of piperidine rings is 1. The minimum absolute atomic E-state index is 0.100. The maximum Gasteiger partial charge on any atom is 0.319 e. The van der Waals surface area contributed by atoms with Crippen LogP contribution in [0.15, 0.2) is 36.5 Å². The Bertz CT molecular complexity index is 939. The molecule has 1 fully saturated rings. The molecule has 2 aromatic rings. The predicted octanol–water partition coefficient (Wildman–Crippen LogP) is 2.63. The Hall–Kier alpha value is -3.62. The third-order valence-corrected chi connectivity index (χ3v) is 5.04. The quantitative estimate of drug-likeness (QED) is 0.543. The van der Waals surface area contributed by atoms with Crippen LogP contribution in [-0.4, -0.2) is 42.5 Å². The maximum atomic E-state index is 12.4. The molecule has 2 heterocycles. The normalized spacial score (nSPS) is 13.4. The lowest BCUT2D eigenvalue weighted by Gasteiger charge is -2.30. The second-order valence-electron chi connectivity index (χ2n) is 7.54. The van der Waals surface area contributed by atoms with Crippen LogP contribution in [0.1, 0.15) is 41.6 Å². The summed E-state index contributed by atoms with van der Waals surface area (Å²) in [6.45, 7) is 3.84. The van der Waals surface area contributed by atoms with Crippen molar-refractivity contribution in [3.05, 3.63) is 47.7 Å². The Kier molecular flexibility index (Phi) is 7.42. The van der Waals surface area contributed by atoms with Gasteiger partial charge in [0.05, 0.1) is 11.4 Å². The number of anilines is 3. The largest absolute Gasteiger partial charge is 0.370 e. The first-order valence-corrected chi connectivity index (χ1v) is 10.4. The molecule has 9 heteroatoms. The number of aromatic nitrogens is 1. The molecular formula is C22H28N6O3. The van der Waals surface area contributed by atoms with Crippen LogP contribution in [0, 0.1) is 6.92 Å². The highest BCUT2D eigenvalue weighted by Gasteiger charge is 2.17. The number of rotatable bonds is 7. The van der Waals surface area contributed by atoms with Crippen molar-refractivity contribution >= 4 is 35.0 Å². The van der Waals surface area contributed by atoms with Gasteiger partial charge in [-0.05, 0) is 56.0 Å². The van der Waals surface area contributed by atoms with Crippen LogP contribution >= 0.6 is 0 Å². The molecule has 1 aromatic heterocycles. The fourth-order valence-electron chi connectivity index (χ4n) is 3.40. The number of pyridine rings is 1. The summed E-state index contributed by atoms with van der Waals surface area (Å²) in [5, 5.41) is 8.14. The Morgan fingerprint density at radius 1 is 1.06 bits per heavy atom. The molecule has 164 valence electrons. The van der Waals surface area contributed by atoms with Gasteiger partial charge in [-0.15, -0.1) is 0 Å². The molecule has 1 saturated heterocycles. The Morgan fingerprint density at radius 3 is 2.52 bits per heavy atom. The molecule has 0 saturated carbocycles. The summed E-state index contributed by atoms with van der Waals surface area (Å²) in [5.41, 5.74) is 8.09. The van der Waals surface area contributed by atoms with Crippen molar-refractivity contribution in [2.45, 2.75) is 32.6 Å². The van der Waals surface area contributed by atoms with Gasteiger partial charge in [-0.3, -0.25) is 9.59 Å². The minimum Gasteiger partial charge on any atom is -0.370 e. The smallest absolute Gasteiger partial charge is 0.319 e. The number of hydrogen-bond acceptors (Lipinski definition) is 5. The molecule has 0 bridgehead atoms. The van der Waals surface area contributed by atoms with Gasteiger partial charge in [-0.25, -0.2) is 9.78 Å². The number of primary amides is 1. The summed E-state index contributed by atoms with van der Waals surface area (Å²) < 4.78 is 0. The highest BCUT2D eigenvalue weighted by Crippen LogP contribution is 2.29. The molecule has 1 aliphatic heterocycles. The second-order valence-corrected chi connectivity index (χ2v) is 7.54. The van der Waals surface area contributed by atoms with E-state index in [-0.39, 0.29) is 18.9 Å². The van der Waals surface area contributed by atoms with Crippen molar-refractivity contribution in [3.8, 4) is 0 Å². The Labute approximate surface area is 181 Å². The molecule has 0 radical (unpaired) electrons. The first-order valence-electron chi connectivity index (χ1n) is 10.4. The lowest BCUT2D eigenvalue weighted by atomic mass is 10.1. The first kappa shape index (κ1) is 22.1. The average Bonchev–Trinajstić information content (AvgIpc) is 2.76. The van der Waals surface area contributed by atoms with Crippen LogP contribution in [0.25, 0.3) is 0 Å². The zero-order chi connectivity index (χ0) is 22.2. The third kappa shape index (κ3) is 6.43. The SMILES string of the molecule is Cc1ccc(NC(=O)CCNC(=O)Nc2cc(C(N)=O)ccc2N2CCCCC2)nc1. The molecule has 1 aliphatic rings. The van der Waals surface area contributed by atoms with Crippen LogP contribution < -0.4 is 26.6 Å². The lowest BCUT2D eigenvalue weighted by molar-refractivity contribution is -0.116. The summed E-state index contributed by atoms with van der Waals surface area (Å²) >= 11 is 0. The van der Waals surface area contributed by atoms with Crippen molar-refractivity contribution in [3.63, 3.8) is 0 Å². The predicted molar refractivity (Wildman–Crippen MR) is 120 cm³/mol. The summed E-state index contributed by atoms with van der Waals surface area (Å²) in [4.78, 5) is 42.3. The zero-order valence-electron chi connectivity index (χ0n) is 17.6. The van der Waals surface area contributed by atoms with Crippen LogP contribution in [0.2, 0.25) is 0 Å². The van der Waals surface area contributed by atoms with Gasteiger partial charge in [0.15, 0.2) is 0 Å². The van der Waals surface area contributed by atoms with Crippen LogP contribution in [0.3, 0.4) is 0 Å². The Morgan fingerprint density at radius 2 is 1.84 bits per heavy atom. The van der Waals surface area contributed by atoms with Gasteiger partial charge in [0.1, 0.15) is 5.82 Å². The number of carbonyl (C=O) groups is 3. The number of carbonyl (C=O) groups excluding carboxylic acids is 3. The van der Waals surface area contributed by atoms with E-state index in [9.17, 15) is 14.4 Å². The van der Waals surface area contributed by atoms with Crippen LogP contribution in [-0.2, 0) is 4.79 Å². The average molecular weight is 425 g/mol. The molecule has 0 unspecified atom stereocenters. The highest BCUT2D eigenvalue weighted by molar-refractivity contribution is 5.99. The molecule has 4 amide bonds. The molecule has 9 nitrogen and oxygen atoms in total. The molecule has 5 N–H and O–H groups in total. The van der Waals surface area contributed by atoms with Crippen LogP contribution in [0.5, 0.6) is 0 Å². The van der Waals surface area contributed by atoms with Crippen molar-refractivity contribution in [1.29, 1.82) is 0 Å². The summed E-state index contributed by atoms with van der Waals surface area (Å²) in [6.07, 6.45) is 5.10. The molecule has 0 aliphatic carbocycles. The van der Waals surface area contributed by atoms with Gasteiger partial charge in [0.2, 0.25) is 11.8 Å². The number of hydrogen-bond donors (Lipinski definition) is 4. The highest BCUT2D eigenvalue weighted by atomic mass is 16.2. The number of nitrogens with zero attached hydrogens (tertiary/aromatic N) is 2. The molecule has 1 aromatic carbocycles. The molecule has 0 spiro atoms. The number of nitrogens with one attached hydrogen (secondary N) is 3. The second kappa shape index (κ2) is 10.4. The van der Waals surface area contributed by atoms with Crippen LogP contribution in [0.4, 0.5) is 22.0 Å². The van der Waals surface area contributed by atoms with E-state index >= 15 is 0 Å². The van der Waals surface area contributed by atoms with Crippen molar-refractivity contribution in [2.24, 2.45) is 5.73 Å². The minimum atomic E-state index is -0.560. The zero-order valence-corrected chi connectivity index (χ0v) is 17.6. The third-order valence-electron chi connectivity index (χ3n) is 5.04. The van der Waals surface area contributed by atoms with Gasteiger partial charge in [0.25, 0.3) is 0 Å². The number of aryl methyl sites for hydroxylation is 1. The van der Waals surface area contributed by atoms with Crippen molar-refractivity contribution in [2.75, 3.05) is 35.2 Å². The van der Waals surface area contributed by atoms with Crippen molar-refractivity contribution in [1.82, 2.24) is 10.3 Å². The van der Waals surface area contributed by atoms with E-state index in [1.807, 2.05) is 19.1 Å².